The molecule has 0 unspecified atom stereocenters. The van der Waals surface area contributed by atoms with Crippen molar-refractivity contribution in [3.63, 3.8) is 0 Å². The molecule has 1 aromatic heterocycles. The highest BCUT2D eigenvalue weighted by molar-refractivity contribution is 5.56. The van der Waals surface area contributed by atoms with E-state index in [1.54, 1.807) is 0 Å². The quantitative estimate of drug-likeness (QED) is 0.789. The molecule has 2 rings (SSSR count). The zero-order valence-corrected chi connectivity index (χ0v) is 8.28. The van der Waals surface area contributed by atoms with E-state index in [1.807, 2.05) is 31.2 Å². The lowest BCUT2D eigenvalue weighted by Gasteiger charge is -2.03. The van der Waals surface area contributed by atoms with Crippen LogP contribution in [-0.4, -0.2) is 21.8 Å². The Morgan fingerprint density at radius 2 is 2.33 bits per heavy atom. The van der Waals surface area contributed by atoms with Crippen molar-refractivity contribution in [3.05, 3.63) is 34.7 Å². The summed E-state index contributed by atoms with van der Waals surface area (Å²) in [7, 11) is 0. The van der Waals surface area contributed by atoms with Crippen molar-refractivity contribution in [2.24, 2.45) is 0 Å². The minimum absolute atomic E-state index is 0.313. The molecule has 0 atom stereocenters. The average Bonchev–Trinajstić information content (AvgIpc) is 2.66. The first kappa shape index (κ1) is 9.51. The van der Waals surface area contributed by atoms with Crippen molar-refractivity contribution >= 4 is 0 Å². The molecular formula is C10H11N3O2. The van der Waals surface area contributed by atoms with Gasteiger partial charge in [0.25, 0.3) is 0 Å². The van der Waals surface area contributed by atoms with E-state index in [4.69, 9.17) is 4.74 Å². The number of ether oxygens (including phenoxy) is 1. The van der Waals surface area contributed by atoms with Gasteiger partial charge in [-0.25, -0.2) is 9.89 Å². The first-order chi connectivity index (χ1) is 7.29. The summed E-state index contributed by atoms with van der Waals surface area (Å²) in [4.78, 5) is 13.5. The van der Waals surface area contributed by atoms with Crippen LogP contribution < -0.4 is 10.4 Å². The molecule has 1 aromatic carbocycles. The lowest BCUT2D eigenvalue weighted by molar-refractivity contribution is 0.340. The smallest absolute Gasteiger partial charge is 0.340 e. The Morgan fingerprint density at radius 3 is 3.00 bits per heavy atom. The standard InChI is InChI=1S/C10H11N3O2/c1-2-15-8-5-3-4-7(6-8)9-11-10(14)13-12-9/h3-6H,2H2,1H3,(H2,11,12,13,14). The monoisotopic (exact) mass is 205 g/mol. The van der Waals surface area contributed by atoms with Gasteiger partial charge in [0.05, 0.1) is 6.61 Å². The molecule has 0 saturated heterocycles. The van der Waals surface area contributed by atoms with Gasteiger partial charge in [0.15, 0.2) is 5.82 Å². The van der Waals surface area contributed by atoms with Crippen LogP contribution in [0.1, 0.15) is 6.92 Å². The van der Waals surface area contributed by atoms with Crippen molar-refractivity contribution < 1.29 is 4.74 Å². The van der Waals surface area contributed by atoms with Gasteiger partial charge in [-0.2, -0.15) is 5.10 Å². The number of rotatable bonds is 3. The highest BCUT2D eigenvalue weighted by atomic mass is 16.5. The second-order valence-corrected chi connectivity index (χ2v) is 2.99. The van der Waals surface area contributed by atoms with Crippen LogP contribution in [0.15, 0.2) is 29.1 Å². The summed E-state index contributed by atoms with van der Waals surface area (Å²) < 4.78 is 5.34. The molecule has 1 heterocycles. The van der Waals surface area contributed by atoms with E-state index in [9.17, 15) is 4.79 Å². The molecule has 5 nitrogen and oxygen atoms in total. The summed E-state index contributed by atoms with van der Waals surface area (Å²) in [6.45, 7) is 2.53. The van der Waals surface area contributed by atoms with Crippen molar-refractivity contribution in [2.75, 3.05) is 6.61 Å². The lowest BCUT2D eigenvalue weighted by Crippen LogP contribution is -2.00. The van der Waals surface area contributed by atoms with Crippen LogP contribution in [-0.2, 0) is 0 Å². The largest absolute Gasteiger partial charge is 0.494 e. The third-order valence-electron chi connectivity index (χ3n) is 1.92. The van der Waals surface area contributed by atoms with Crippen LogP contribution in [0.3, 0.4) is 0 Å². The molecule has 0 aliphatic carbocycles. The Bertz CT molecular complexity index is 501. The Balaban J connectivity index is 2.36. The van der Waals surface area contributed by atoms with Crippen LogP contribution >= 0.6 is 0 Å². The molecule has 0 radical (unpaired) electrons. The van der Waals surface area contributed by atoms with Gasteiger partial charge in [0.2, 0.25) is 0 Å². The molecular weight excluding hydrogens is 194 g/mol. The van der Waals surface area contributed by atoms with Crippen LogP contribution in [0.5, 0.6) is 5.75 Å². The van der Waals surface area contributed by atoms with E-state index in [0.29, 0.717) is 12.4 Å². The Labute approximate surface area is 86.1 Å². The maximum atomic E-state index is 10.9. The molecule has 2 N–H and O–H groups in total. The molecule has 0 aliphatic rings. The maximum Gasteiger partial charge on any atom is 0.340 e. The fraction of sp³-hybridized carbons (Fsp3) is 0.200. The second-order valence-electron chi connectivity index (χ2n) is 2.99. The van der Waals surface area contributed by atoms with Crippen LogP contribution in [0.25, 0.3) is 11.4 Å². The van der Waals surface area contributed by atoms with E-state index >= 15 is 0 Å². The molecule has 78 valence electrons. The zero-order valence-electron chi connectivity index (χ0n) is 8.28. The summed E-state index contributed by atoms with van der Waals surface area (Å²) in [6.07, 6.45) is 0. The minimum atomic E-state index is -0.313. The van der Waals surface area contributed by atoms with Gasteiger partial charge in [-0.1, -0.05) is 12.1 Å². The van der Waals surface area contributed by atoms with Gasteiger partial charge < -0.3 is 4.74 Å². The molecule has 15 heavy (non-hydrogen) atoms. The molecule has 0 saturated carbocycles. The number of hydrogen-bond donors (Lipinski definition) is 2. The van der Waals surface area contributed by atoms with Gasteiger partial charge in [-0.15, -0.1) is 0 Å². The summed E-state index contributed by atoms with van der Waals surface area (Å²) in [5, 5.41) is 6.16. The maximum absolute atomic E-state index is 10.9. The van der Waals surface area contributed by atoms with E-state index in [0.717, 1.165) is 11.3 Å². The first-order valence-corrected chi connectivity index (χ1v) is 4.67. The molecule has 0 bridgehead atoms. The van der Waals surface area contributed by atoms with Crippen molar-refractivity contribution in [2.45, 2.75) is 6.92 Å². The van der Waals surface area contributed by atoms with Gasteiger partial charge >= 0.3 is 5.69 Å². The van der Waals surface area contributed by atoms with Crippen molar-refractivity contribution in [1.82, 2.24) is 15.2 Å². The number of benzene rings is 1. The summed E-state index contributed by atoms with van der Waals surface area (Å²) >= 11 is 0. The van der Waals surface area contributed by atoms with E-state index < -0.39 is 0 Å². The number of aromatic amines is 2. The van der Waals surface area contributed by atoms with Crippen LogP contribution in [0.2, 0.25) is 0 Å². The summed E-state index contributed by atoms with van der Waals surface area (Å²) in [5.74, 6) is 1.28. The first-order valence-electron chi connectivity index (χ1n) is 4.67. The number of aromatic nitrogens is 3. The van der Waals surface area contributed by atoms with Gasteiger partial charge in [0, 0.05) is 5.56 Å². The topological polar surface area (TPSA) is 70.8 Å². The number of nitrogens with one attached hydrogen (secondary N) is 2. The number of nitrogens with zero attached hydrogens (tertiary/aromatic N) is 1. The predicted octanol–water partition coefficient (Wildman–Crippen LogP) is 1.16. The third kappa shape index (κ3) is 2.07. The normalized spacial score (nSPS) is 10.2. The SMILES string of the molecule is CCOc1cccc(-c2n[nH]c(=O)[nH]2)c1. The van der Waals surface area contributed by atoms with Gasteiger partial charge in [-0.05, 0) is 19.1 Å². The Hall–Kier alpha value is -2.04. The second kappa shape index (κ2) is 4.00. The molecule has 0 spiro atoms. The molecule has 5 heteroatoms. The van der Waals surface area contributed by atoms with Gasteiger partial charge in [0.1, 0.15) is 5.75 Å². The minimum Gasteiger partial charge on any atom is -0.494 e. The number of hydrogen-bond acceptors (Lipinski definition) is 3. The van der Waals surface area contributed by atoms with Crippen LogP contribution in [0, 0.1) is 0 Å². The van der Waals surface area contributed by atoms with Crippen molar-refractivity contribution in [3.8, 4) is 17.1 Å². The van der Waals surface area contributed by atoms with E-state index in [-0.39, 0.29) is 5.69 Å². The summed E-state index contributed by atoms with van der Waals surface area (Å²) in [5.41, 5.74) is 0.506. The highest BCUT2D eigenvalue weighted by Gasteiger charge is 2.03. The average molecular weight is 205 g/mol. The molecule has 0 aliphatic heterocycles. The molecule has 0 amide bonds. The van der Waals surface area contributed by atoms with Gasteiger partial charge in [-0.3, -0.25) is 4.98 Å². The zero-order chi connectivity index (χ0) is 10.7. The van der Waals surface area contributed by atoms with E-state index in [1.165, 1.54) is 0 Å². The Kier molecular flexibility index (Phi) is 2.53. The lowest BCUT2D eigenvalue weighted by atomic mass is 10.2. The fourth-order valence-electron chi connectivity index (χ4n) is 1.31. The third-order valence-corrected chi connectivity index (χ3v) is 1.92. The summed E-state index contributed by atoms with van der Waals surface area (Å²) in [6, 6.07) is 7.40. The van der Waals surface area contributed by atoms with Crippen molar-refractivity contribution in [1.29, 1.82) is 0 Å². The highest BCUT2D eigenvalue weighted by Crippen LogP contribution is 2.19. The molecule has 0 fully saturated rings. The van der Waals surface area contributed by atoms with Crippen LogP contribution in [0.4, 0.5) is 0 Å². The Morgan fingerprint density at radius 1 is 1.47 bits per heavy atom. The predicted molar refractivity (Wildman–Crippen MR) is 55.8 cm³/mol. The fourth-order valence-corrected chi connectivity index (χ4v) is 1.31. The number of H-pyrrole nitrogens is 2. The van der Waals surface area contributed by atoms with E-state index in [2.05, 4.69) is 15.2 Å². The molecule has 2 aromatic rings.